The molecular formula is C16H21N3O2. The van der Waals surface area contributed by atoms with Gasteiger partial charge < -0.3 is 15.5 Å². The quantitative estimate of drug-likeness (QED) is 0.852. The number of carbonyl (C=O) groups excluding carboxylic acids is 1. The van der Waals surface area contributed by atoms with Crippen molar-refractivity contribution in [3.8, 4) is 11.3 Å². The van der Waals surface area contributed by atoms with E-state index in [0.29, 0.717) is 25.3 Å². The van der Waals surface area contributed by atoms with E-state index >= 15 is 0 Å². The topological polar surface area (TPSA) is 81.2 Å². The highest BCUT2D eigenvalue weighted by Crippen LogP contribution is 2.21. The third-order valence-corrected chi connectivity index (χ3v) is 3.22. The SMILES string of the molecule is Cc1ccc(-c2cnc(CCC(=O)N[C@@H](C)CN)o2)cc1. The molecule has 0 fully saturated rings. The Morgan fingerprint density at radius 1 is 1.38 bits per heavy atom. The zero-order valence-electron chi connectivity index (χ0n) is 12.4. The van der Waals surface area contributed by atoms with E-state index in [1.807, 2.05) is 38.1 Å². The molecule has 0 aliphatic rings. The van der Waals surface area contributed by atoms with Crippen LogP contribution in [0.5, 0.6) is 0 Å². The van der Waals surface area contributed by atoms with Crippen LogP contribution in [0.3, 0.4) is 0 Å². The highest BCUT2D eigenvalue weighted by molar-refractivity contribution is 5.76. The van der Waals surface area contributed by atoms with Gasteiger partial charge in [0.25, 0.3) is 0 Å². The van der Waals surface area contributed by atoms with Crippen molar-refractivity contribution in [1.82, 2.24) is 10.3 Å². The average molecular weight is 287 g/mol. The van der Waals surface area contributed by atoms with Crippen molar-refractivity contribution < 1.29 is 9.21 Å². The number of nitrogens with zero attached hydrogens (tertiary/aromatic N) is 1. The van der Waals surface area contributed by atoms with Crippen LogP contribution in [-0.4, -0.2) is 23.5 Å². The van der Waals surface area contributed by atoms with E-state index in [0.717, 1.165) is 11.3 Å². The molecular weight excluding hydrogens is 266 g/mol. The van der Waals surface area contributed by atoms with E-state index in [2.05, 4.69) is 10.3 Å². The zero-order chi connectivity index (χ0) is 15.2. The van der Waals surface area contributed by atoms with Crippen molar-refractivity contribution in [3.05, 3.63) is 41.9 Å². The van der Waals surface area contributed by atoms with Crippen molar-refractivity contribution in [1.29, 1.82) is 0 Å². The van der Waals surface area contributed by atoms with Crippen LogP contribution in [0.15, 0.2) is 34.9 Å². The average Bonchev–Trinajstić information content (AvgIpc) is 2.94. The molecule has 5 heteroatoms. The Morgan fingerprint density at radius 3 is 2.76 bits per heavy atom. The summed E-state index contributed by atoms with van der Waals surface area (Å²) < 4.78 is 5.68. The number of rotatable bonds is 6. The van der Waals surface area contributed by atoms with E-state index in [-0.39, 0.29) is 11.9 Å². The van der Waals surface area contributed by atoms with Gasteiger partial charge in [-0.15, -0.1) is 0 Å². The molecule has 0 radical (unpaired) electrons. The molecule has 0 bridgehead atoms. The minimum Gasteiger partial charge on any atom is -0.441 e. The summed E-state index contributed by atoms with van der Waals surface area (Å²) in [7, 11) is 0. The summed E-state index contributed by atoms with van der Waals surface area (Å²) in [5, 5.41) is 2.81. The molecule has 0 saturated heterocycles. The minimum atomic E-state index is -0.0389. The first kappa shape index (κ1) is 15.3. The van der Waals surface area contributed by atoms with Crippen molar-refractivity contribution in [3.63, 3.8) is 0 Å². The fourth-order valence-corrected chi connectivity index (χ4v) is 1.90. The fourth-order valence-electron chi connectivity index (χ4n) is 1.90. The second-order valence-electron chi connectivity index (χ2n) is 5.19. The highest BCUT2D eigenvalue weighted by atomic mass is 16.4. The van der Waals surface area contributed by atoms with E-state index in [4.69, 9.17) is 10.2 Å². The van der Waals surface area contributed by atoms with Gasteiger partial charge in [-0.25, -0.2) is 4.98 Å². The lowest BCUT2D eigenvalue weighted by molar-refractivity contribution is -0.121. The second kappa shape index (κ2) is 7.04. The van der Waals surface area contributed by atoms with Gasteiger partial charge in [0.1, 0.15) is 0 Å². The van der Waals surface area contributed by atoms with Crippen LogP contribution >= 0.6 is 0 Å². The summed E-state index contributed by atoms with van der Waals surface area (Å²) in [6.07, 6.45) is 2.52. The van der Waals surface area contributed by atoms with Crippen LogP contribution < -0.4 is 11.1 Å². The third-order valence-electron chi connectivity index (χ3n) is 3.22. The molecule has 1 aromatic carbocycles. The predicted molar refractivity (Wildman–Crippen MR) is 81.7 cm³/mol. The fraction of sp³-hybridized carbons (Fsp3) is 0.375. The predicted octanol–water partition coefficient (Wildman–Crippen LogP) is 2.05. The Labute approximate surface area is 124 Å². The summed E-state index contributed by atoms with van der Waals surface area (Å²) in [5.74, 6) is 1.25. The number of oxazole rings is 1. The minimum absolute atomic E-state index is 0.00909. The Bertz CT molecular complexity index is 590. The first-order valence-electron chi connectivity index (χ1n) is 7.09. The molecule has 0 aliphatic heterocycles. The zero-order valence-corrected chi connectivity index (χ0v) is 12.4. The Morgan fingerprint density at radius 2 is 2.10 bits per heavy atom. The monoisotopic (exact) mass is 287 g/mol. The summed E-state index contributed by atoms with van der Waals surface area (Å²) >= 11 is 0. The van der Waals surface area contributed by atoms with Crippen LogP contribution in [0, 0.1) is 6.92 Å². The Hall–Kier alpha value is -2.14. The van der Waals surface area contributed by atoms with Gasteiger partial charge in [0.15, 0.2) is 11.7 Å². The first-order chi connectivity index (χ1) is 10.1. The van der Waals surface area contributed by atoms with Gasteiger partial charge in [-0.2, -0.15) is 0 Å². The Balaban J connectivity index is 1.91. The molecule has 2 aromatic rings. The number of aryl methyl sites for hydroxylation is 2. The van der Waals surface area contributed by atoms with Crippen molar-refractivity contribution in [2.75, 3.05) is 6.54 Å². The van der Waals surface area contributed by atoms with Crippen LogP contribution in [0.25, 0.3) is 11.3 Å². The molecule has 1 heterocycles. The summed E-state index contributed by atoms with van der Waals surface area (Å²) in [4.78, 5) is 15.9. The van der Waals surface area contributed by atoms with Crippen LogP contribution in [-0.2, 0) is 11.2 Å². The third kappa shape index (κ3) is 4.43. The maximum atomic E-state index is 11.7. The van der Waals surface area contributed by atoms with Gasteiger partial charge >= 0.3 is 0 Å². The van der Waals surface area contributed by atoms with E-state index in [1.165, 1.54) is 5.56 Å². The Kier molecular flexibility index (Phi) is 5.11. The van der Waals surface area contributed by atoms with Gasteiger partial charge in [0.2, 0.25) is 5.91 Å². The maximum absolute atomic E-state index is 11.7. The number of amides is 1. The molecule has 2 rings (SSSR count). The van der Waals surface area contributed by atoms with E-state index in [1.54, 1.807) is 6.20 Å². The molecule has 0 aliphatic carbocycles. The lowest BCUT2D eigenvalue weighted by Gasteiger charge is -2.10. The molecule has 5 nitrogen and oxygen atoms in total. The number of nitrogens with one attached hydrogen (secondary N) is 1. The number of aromatic nitrogens is 1. The van der Waals surface area contributed by atoms with Crippen molar-refractivity contribution in [2.24, 2.45) is 5.73 Å². The molecule has 0 unspecified atom stereocenters. The summed E-state index contributed by atoms with van der Waals surface area (Å²) in [6, 6.07) is 8.04. The first-order valence-corrected chi connectivity index (χ1v) is 7.09. The number of benzene rings is 1. The number of hydrogen-bond acceptors (Lipinski definition) is 4. The second-order valence-corrected chi connectivity index (χ2v) is 5.19. The summed E-state index contributed by atoms with van der Waals surface area (Å²) in [6.45, 7) is 4.34. The summed E-state index contributed by atoms with van der Waals surface area (Å²) in [5.41, 5.74) is 7.65. The van der Waals surface area contributed by atoms with Gasteiger partial charge in [-0.3, -0.25) is 4.79 Å². The van der Waals surface area contributed by atoms with Crippen LogP contribution in [0.4, 0.5) is 0 Å². The van der Waals surface area contributed by atoms with Gasteiger partial charge in [-0.1, -0.05) is 29.8 Å². The van der Waals surface area contributed by atoms with Crippen molar-refractivity contribution >= 4 is 5.91 Å². The molecule has 112 valence electrons. The van der Waals surface area contributed by atoms with E-state index < -0.39 is 0 Å². The van der Waals surface area contributed by atoms with Gasteiger partial charge in [-0.05, 0) is 13.8 Å². The lowest BCUT2D eigenvalue weighted by Crippen LogP contribution is -2.37. The van der Waals surface area contributed by atoms with Crippen LogP contribution in [0.1, 0.15) is 24.8 Å². The maximum Gasteiger partial charge on any atom is 0.220 e. The molecule has 21 heavy (non-hydrogen) atoms. The van der Waals surface area contributed by atoms with Gasteiger partial charge in [0.05, 0.1) is 6.20 Å². The number of carbonyl (C=O) groups is 1. The standard InChI is InChI=1S/C16H21N3O2/c1-11-3-5-13(6-4-11)14-10-18-16(21-14)8-7-15(20)19-12(2)9-17/h3-6,10,12H,7-9,17H2,1-2H3,(H,19,20)/t12-/m0/s1. The molecule has 1 aromatic heterocycles. The van der Waals surface area contributed by atoms with E-state index in [9.17, 15) is 4.79 Å². The normalized spacial score (nSPS) is 12.1. The largest absolute Gasteiger partial charge is 0.441 e. The molecule has 3 N–H and O–H groups in total. The smallest absolute Gasteiger partial charge is 0.220 e. The molecule has 0 spiro atoms. The number of hydrogen-bond donors (Lipinski definition) is 2. The number of nitrogens with two attached hydrogens (primary N) is 1. The highest BCUT2D eigenvalue weighted by Gasteiger charge is 2.10. The molecule has 0 saturated carbocycles. The lowest BCUT2D eigenvalue weighted by atomic mass is 10.1. The molecule has 1 atom stereocenters. The van der Waals surface area contributed by atoms with Crippen molar-refractivity contribution in [2.45, 2.75) is 32.7 Å². The van der Waals surface area contributed by atoms with Gasteiger partial charge in [0, 0.05) is 31.0 Å². The molecule has 1 amide bonds. The van der Waals surface area contributed by atoms with Crippen LogP contribution in [0.2, 0.25) is 0 Å².